The van der Waals surface area contributed by atoms with Crippen LogP contribution in [0.25, 0.3) is 0 Å². The molecular formula is C25H28N2O7. The Balaban J connectivity index is 1.98. The van der Waals surface area contributed by atoms with Gasteiger partial charge in [-0.2, -0.15) is 0 Å². The summed E-state index contributed by atoms with van der Waals surface area (Å²) in [6.07, 6.45) is 2.10. The van der Waals surface area contributed by atoms with Crippen LogP contribution in [0.5, 0.6) is 23.0 Å². The number of aromatic hydroxyl groups is 1. The van der Waals surface area contributed by atoms with Crippen LogP contribution < -0.4 is 25.2 Å². The van der Waals surface area contributed by atoms with Crippen LogP contribution in [0.2, 0.25) is 0 Å². The molecule has 0 fully saturated rings. The van der Waals surface area contributed by atoms with E-state index in [-0.39, 0.29) is 35.2 Å². The van der Waals surface area contributed by atoms with Crippen LogP contribution in [0, 0.1) is 6.92 Å². The average Bonchev–Trinajstić information content (AvgIpc) is 2.82. The van der Waals surface area contributed by atoms with Gasteiger partial charge in [-0.05, 0) is 25.1 Å². The summed E-state index contributed by atoms with van der Waals surface area (Å²) in [5.74, 6) is -0.201. The smallest absolute Gasteiger partial charge is 0.343 e. The van der Waals surface area contributed by atoms with Crippen LogP contribution in [-0.2, 0) is 11.2 Å². The van der Waals surface area contributed by atoms with E-state index in [4.69, 9.17) is 18.6 Å². The van der Waals surface area contributed by atoms with Crippen LogP contribution in [0.4, 0.5) is 0 Å². The maximum absolute atomic E-state index is 12.9. The van der Waals surface area contributed by atoms with Gasteiger partial charge in [-0.25, -0.2) is 4.79 Å². The summed E-state index contributed by atoms with van der Waals surface area (Å²) in [6.45, 7) is 1.92. The van der Waals surface area contributed by atoms with E-state index in [0.29, 0.717) is 30.0 Å². The molecule has 0 unspecified atom stereocenters. The molecule has 2 aromatic heterocycles. The number of aryl methyl sites for hydroxylation is 1. The molecule has 0 saturated carbocycles. The van der Waals surface area contributed by atoms with Gasteiger partial charge in [0.2, 0.25) is 11.7 Å². The van der Waals surface area contributed by atoms with E-state index in [1.54, 1.807) is 25.3 Å². The van der Waals surface area contributed by atoms with Gasteiger partial charge in [0.25, 0.3) is 0 Å². The van der Waals surface area contributed by atoms with Gasteiger partial charge >= 0.3 is 5.63 Å². The Morgan fingerprint density at radius 3 is 2.50 bits per heavy atom. The molecular weight excluding hydrogens is 440 g/mol. The third-order valence-corrected chi connectivity index (χ3v) is 5.37. The van der Waals surface area contributed by atoms with Crippen molar-refractivity contribution in [2.75, 3.05) is 27.9 Å². The van der Waals surface area contributed by atoms with Gasteiger partial charge in [-0.1, -0.05) is 12.1 Å². The zero-order chi connectivity index (χ0) is 24.7. The maximum Gasteiger partial charge on any atom is 0.343 e. The van der Waals surface area contributed by atoms with Crippen LogP contribution in [0.3, 0.4) is 0 Å². The first-order chi connectivity index (χ1) is 16.4. The Hall–Kier alpha value is -4.01. The van der Waals surface area contributed by atoms with Crippen molar-refractivity contribution >= 4 is 5.91 Å². The molecule has 0 spiro atoms. The van der Waals surface area contributed by atoms with Gasteiger partial charge in [0, 0.05) is 48.8 Å². The average molecular weight is 469 g/mol. The summed E-state index contributed by atoms with van der Waals surface area (Å²) >= 11 is 0. The van der Waals surface area contributed by atoms with E-state index in [9.17, 15) is 14.7 Å². The summed E-state index contributed by atoms with van der Waals surface area (Å²) in [4.78, 5) is 29.9. The van der Waals surface area contributed by atoms with E-state index in [2.05, 4.69) is 10.3 Å². The minimum Gasteiger partial charge on any atom is -0.507 e. The Morgan fingerprint density at radius 2 is 1.88 bits per heavy atom. The number of ether oxygens (including phenoxy) is 3. The summed E-state index contributed by atoms with van der Waals surface area (Å²) < 4.78 is 21.6. The van der Waals surface area contributed by atoms with Gasteiger partial charge in [-0.3, -0.25) is 9.78 Å². The molecule has 0 saturated heterocycles. The fraction of sp³-hybridized carbons (Fsp3) is 0.320. The van der Waals surface area contributed by atoms with E-state index in [1.807, 2.05) is 18.2 Å². The molecule has 0 aliphatic heterocycles. The van der Waals surface area contributed by atoms with Crippen LogP contribution in [0.1, 0.15) is 34.9 Å². The molecule has 9 nitrogen and oxygen atoms in total. The second kappa shape index (κ2) is 11.2. The molecule has 180 valence electrons. The monoisotopic (exact) mass is 468 g/mol. The van der Waals surface area contributed by atoms with Gasteiger partial charge < -0.3 is 29.1 Å². The van der Waals surface area contributed by atoms with E-state index < -0.39 is 11.5 Å². The predicted octanol–water partition coefficient (Wildman–Crippen LogP) is 2.96. The van der Waals surface area contributed by atoms with E-state index in [0.717, 1.165) is 5.69 Å². The zero-order valence-corrected chi connectivity index (χ0v) is 19.6. The highest BCUT2D eigenvalue weighted by molar-refractivity contribution is 5.78. The molecule has 0 aliphatic rings. The first-order valence-electron chi connectivity index (χ1n) is 10.7. The van der Waals surface area contributed by atoms with Gasteiger partial charge in [0.1, 0.15) is 11.5 Å². The molecule has 2 N–H and O–H groups in total. The number of pyridine rings is 1. The first kappa shape index (κ1) is 24.6. The number of aromatic nitrogens is 1. The molecule has 1 amide bonds. The fourth-order valence-electron chi connectivity index (χ4n) is 3.83. The van der Waals surface area contributed by atoms with Gasteiger partial charge in [0.05, 0.1) is 26.9 Å². The number of amides is 1. The molecule has 34 heavy (non-hydrogen) atoms. The topological polar surface area (TPSA) is 120 Å². The number of hydrogen-bond acceptors (Lipinski definition) is 8. The zero-order valence-electron chi connectivity index (χ0n) is 19.6. The maximum atomic E-state index is 12.9. The largest absolute Gasteiger partial charge is 0.507 e. The van der Waals surface area contributed by atoms with Crippen molar-refractivity contribution in [3.05, 3.63) is 75.6 Å². The number of carbonyl (C=O) groups is 1. The summed E-state index contributed by atoms with van der Waals surface area (Å²) in [7, 11) is 4.40. The summed E-state index contributed by atoms with van der Waals surface area (Å²) in [5, 5.41) is 13.5. The standard InChI is InChI=1S/C25H28N2O7/c1-15-13-19(28)22(25(30)34-15)18(14-21(29)27-12-10-16-7-5-6-11-26-16)17-8-9-20(31-2)24(33-4)23(17)32-3/h5-9,11,13,18,28H,10,12,14H2,1-4H3,(H,27,29)/t18-/m0/s1. The number of carbonyl (C=O) groups excluding carboxylic acids is 1. The number of nitrogens with one attached hydrogen (secondary N) is 1. The van der Waals surface area contributed by atoms with Crippen LogP contribution in [-0.4, -0.2) is 43.9 Å². The minimum absolute atomic E-state index is 0.0454. The third kappa shape index (κ3) is 5.48. The number of rotatable bonds is 10. The molecule has 0 bridgehead atoms. The second-order valence-electron chi connectivity index (χ2n) is 7.54. The number of hydrogen-bond donors (Lipinski definition) is 2. The van der Waals surface area contributed by atoms with Crippen molar-refractivity contribution in [1.29, 1.82) is 0 Å². The van der Waals surface area contributed by atoms with Crippen molar-refractivity contribution in [2.45, 2.75) is 25.7 Å². The Labute approximate surface area is 197 Å². The van der Waals surface area contributed by atoms with Gasteiger partial charge in [0.15, 0.2) is 11.5 Å². The van der Waals surface area contributed by atoms with Crippen molar-refractivity contribution in [3.63, 3.8) is 0 Å². The molecule has 3 aromatic rings. The van der Waals surface area contributed by atoms with Crippen molar-refractivity contribution in [1.82, 2.24) is 10.3 Å². The van der Waals surface area contributed by atoms with Gasteiger partial charge in [-0.15, -0.1) is 0 Å². The Bertz CT molecular complexity index is 1190. The predicted molar refractivity (Wildman–Crippen MR) is 125 cm³/mol. The molecule has 1 atom stereocenters. The summed E-state index contributed by atoms with van der Waals surface area (Å²) in [5.41, 5.74) is 0.529. The number of nitrogens with zero attached hydrogens (tertiary/aromatic N) is 1. The lowest BCUT2D eigenvalue weighted by Gasteiger charge is -2.22. The number of methoxy groups -OCH3 is 3. The first-order valence-corrected chi connectivity index (χ1v) is 10.7. The molecule has 9 heteroatoms. The SMILES string of the molecule is COc1ccc([C@H](CC(=O)NCCc2ccccn2)c2c(O)cc(C)oc2=O)c(OC)c1OC. The van der Waals surface area contributed by atoms with Crippen LogP contribution in [0.15, 0.2) is 51.8 Å². The Morgan fingerprint density at radius 1 is 1.12 bits per heavy atom. The lowest BCUT2D eigenvalue weighted by molar-refractivity contribution is -0.121. The minimum atomic E-state index is -0.874. The van der Waals surface area contributed by atoms with Crippen molar-refractivity contribution in [2.24, 2.45) is 0 Å². The summed E-state index contributed by atoms with van der Waals surface area (Å²) in [6, 6.07) is 10.2. The van der Waals surface area contributed by atoms with E-state index in [1.165, 1.54) is 27.4 Å². The highest BCUT2D eigenvalue weighted by Gasteiger charge is 2.30. The lowest BCUT2D eigenvalue weighted by Crippen LogP contribution is -2.29. The normalized spacial score (nSPS) is 11.5. The fourth-order valence-corrected chi connectivity index (χ4v) is 3.83. The molecule has 0 aliphatic carbocycles. The van der Waals surface area contributed by atoms with Crippen molar-refractivity contribution in [3.8, 4) is 23.0 Å². The molecule has 1 aromatic carbocycles. The number of benzene rings is 1. The highest BCUT2D eigenvalue weighted by atomic mass is 16.5. The van der Waals surface area contributed by atoms with Crippen molar-refractivity contribution < 1.29 is 28.5 Å². The third-order valence-electron chi connectivity index (χ3n) is 5.37. The van der Waals surface area contributed by atoms with Crippen LogP contribution >= 0.6 is 0 Å². The lowest BCUT2D eigenvalue weighted by atomic mass is 9.87. The second-order valence-corrected chi connectivity index (χ2v) is 7.54. The molecule has 0 radical (unpaired) electrons. The molecule has 3 rings (SSSR count). The Kier molecular flexibility index (Phi) is 8.13. The molecule has 2 heterocycles. The quantitative estimate of drug-likeness (QED) is 0.466. The highest BCUT2D eigenvalue weighted by Crippen LogP contribution is 2.45. The van der Waals surface area contributed by atoms with E-state index >= 15 is 0 Å².